The molecule has 2 saturated carbocycles. The fourth-order valence-electron chi connectivity index (χ4n) is 9.40. The Bertz CT molecular complexity index is 2460. The first kappa shape index (κ1) is 47.9. The standard InChI is InChI=1S/C50H64FN3O10S/c1-29(2)62-35-16-14-32(15-17-35)40-21-33-22-43(61-9)39(51)24-38(33)45(52-40)63-36-23-41-42(55)27-50(47(58)53-65(59,60)49(8)18-19-49)26-34(50)13-11-10-12-30(3)20-31(4)37(46(57)54(41)28-36)25-44(56)64-48(5,6)7/h11,13-17,21-22,24,29-31,34,36-37,41H,10,12,18-20,23,25-28H2,1-9H3,(H,53,58)/b13-11-/t30-,31+,34+,36+,37-,41-,50+/m0/s1. The van der Waals surface area contributed by atoms with Gasteiger partial charge in [-0.05, 0) is 146 Å². The minimum atomic E-state index is -4.01. The van der Waals surface area contributed by atoms with Gasteiger partial charge in [0.05, 0.1) is 54.0 Å². The highest BCUT2D eigenvalue weighted by molar-refractivity contribution is 7.91. The molecule has 2 aromatic carbocycles. The molecule has 1 saturated heterocycles. The number of methoxy groups -OCH3 is 1. The molecular formula is C50H64FN3O10S. The van der Waals surface area contributed by atoms with Gasteiger partial charge in [-0.25, -0.2) is 17.8 Å². The normalized spacial score (nSPS) is 27.5. The monoisotopic (exact) mass is 917 g/mol. The molecule has 13 nitrogen and oxygen atoms in total. The Kier molecular flexibility index (Phi) is 13.5. The molecular weight excluding hydrogens is 854 g/mol. The third-order valence-electron chi connectivity index (χ3n) is 13.5. The van der Waals surface area contributed by atoms with Gasteiger partial charge in [0.25, 0.3) is 0 Å². The van der Waals surface area contributed by atoms with Crippen LogP contribution in [0.2, 0.25) is 0 Å². The second-order valence-electron chi connectivity index (χ2n) is 20.4. The number of aromatic nitrogens is 1. The molecule has 7 atom stereocenters. The highest BCUT2D eigenvalue weighted by atomic mass is 32.2. The zero-order chi connectivity index (χ0) is 47.2. The number of ether oxygens (including phenoxy) is 4. The second-order valence-corrected chi connectivity index (χ2v) is 22.6. The van der Waals surface area contributed by atoms with Crippen LogP contribution < -0.4 is 18.9 Å². The molecule has 2 amide bonds. The number of halogens is 1. The van der Waals surface area contributed by atoms with Gasteiger partial charge in [0.15, 0.2) is 17.3 Å². The van der Waals surface area contributed by atoms with Crippen LogP contribution in [0.3, 0.4) is 0 Å². The third kappa shape index (κ3) is 10.7. The predicted molar refractivity (Wildman–Crippen MR) is 244 cm³/mol. The number of ketones is 1. The quantitative estimate of drug-likeness (QED) is 0.145. The van der Waals surface area contributed by atoms with Crippen LogP contribution in [0.5, 0.6) is 17.4 Å². The lowest BCUT2D eigenvalue weighted by Gasteiger charge is -2.32. The van der Waals surface area contributed by atoms with Gasteiger partial charge < -0.3 is 23.8 Å². The number of fused-ring (bicyclic) bond motifs is 3. The average molecular weight is 918 g/mol. The largest absolute Gasteiger partial charge is 0.494 e. The van der Waals surface area contributed by atoms with Gasteiger partial charge in [-0.1, -0.05) is 26.0 Å². The number of amides is 2. The van der Waals surface area contributed by atoms with E-state index in [0.717, 1.165) is 12.0 Å². The number of nitrogens with one attached hydrogen (secondary N) is 1. The molecule has 0 unspecified atom stereocenters. The molecule has 3 heterocycles. The van der Waals surface area contributed by atoms with E-state index in [1.165, 1.54) is 18.1 Å². The fraction of sp³-hybridized carbons (Fsp3) is 0.580. The van der Waals surface area contributed by atoms with Crippen LogP contribution in [0.15, 0.2) is 54.6 Å². The SMILES string of the molecule is COc1cc2cc(-c3ccc(OC(C)C)cc3)nc(O[C@@H]3C[C@H]4C(=O)C[C@]5(C(=O)NS(=O)(=O)C6(C)CC6)C[C@H]5/C=C\CC[C@H](C)C[C@@H](C)[C@H](CC(=O)OC(C)(C)C)C(=O)N4C3)c2cc1F. The van der Waals surface area contributed by atoms with E-state index in [1.54, 1.807) is 39.8 Å². The summed E-state index contributed by atoms with van der Waals surface area (Å²) < 4.78 is 67.1. The van der Waals surface area contributed by atoms with Crippen LogP contribution in [0.25, 0.3) is 22.0 Å². The summed E-state index contributed by atoms with van der Waals surface area (Å²) in [4.78, 5) is 64.1. The number of hydrogen-bond donors (Lipinski definition) is 1. The topological polar surface area (TPSA) is 167 Å². The zero-order valence-corrected chi connectivity index (χ0v) is 39.9. The van der Waals surface area contributed by atoms with Crippen LogP contribution in [0.4, 0.5) is 4.39 Å². The number of sulfonamides is 1. The first-order chi connectivity index (χ1) is 30.5. The summed E-state index contributed by atoms with van der Waals surface area (Å²) in [7, 11) is -2.64. The van der Waals surface area contributed by atoms with Crippen molar-refractivity contribution in [1.29, 1.82) is 0 Å². The first-order valence-corrected chi connectivity index (χ1v) is 24.4. The average Bonchev–Trinajstić information content (AvgIpc) is 4.10. The molecule has 7 rings (SSSR count). The summed E-state index contributed by atoms with van der Waals surface area (Å²) in [6.07, 6.45) is 5.72. The molecule has 3 fully saturated rings. The number of nitrogens with zero attached hydrogens (tertiary/aromatic N) is 2. The van der Waals surface area contributed by atoms with Gasteiger partial charge in [0, 0.05) is 23.8 Å². The molecule has 1 N–H and O–H groups in total. The Morgan fingerprint density at radius 1 is 1.05 bits per heavy atom. The first-order valence-electron chi connectivity index (χ1n) is 22.9. The van der Waals surface area contributed by atoms with E-state index in [-0.39, 0.29) is 67.7 Å². The second kappa shape index (κ2) is 18.3. The highest BCUT2D eigenvalue weighted by Crippen LogP contribution is 2.58. The number of allylic oxidation sites excluding steroid dienone is 2. The van der Waals surface area contributed by atoms with E-state index in [2.05, 4.69) is 11.6 Å². The molecule has 4 aliphatic rings. The van der Waals surface area contributed by atoms with E-state index in [4.69, 9.17) is 23.9 Å². The summed E-state index contributed by atoms with van der Waals surface area (Å²) in [5.41, 5.74) is -0.907. The van der Waals surface area contributed by atoms with Gasteiger partial charge in [0.2, 0.25) is 27.7 Å². The molecule has 2 aliphatic heterocycles. The number of carbonyl (C=O) groups excluding carboxylic acids is 4. The van der Waals surface area contributed by atoms with Crippen molar-refractivity contribution in [3.05, 3.63) is 60.4 Å². The summed E-state index contributed by atoms with van der Waals surface area (Å²) in [6.45, 7) is 14.7. The lowest BCUT2D eigenvalue weighted by atomic mass is 9.82. The molecule has 0 radical (unpaired) electrons. The van der Waals surface area contributed by atoms with Gasteiger partial charge in [0.1, 0.15) is 17.5 Å². The van der Waals surface area contributed by atoms with Crippen LogP contribution in [-0.2, 0) is 33.9 Å². The van der Waals surface area contributed by atoms with Crippen molar-refractivity contribution in [3.8, 4) is 28.6 Å². The molecule has 0 spiro atoms. The third-order valence-corrected chi connectivity index (χ3v) is 15.6. The number of benzene rings is 2. The predicted octanol–water partition coefficient (Wildman–Crippen LogP) is 8.51. The molecule has 3 aromatic rings. The summed E-state index contributed by atoms with van der Waals surface area (Å²) in [5, 5.41) is 0.912. The Hall–Kier alpha value is -5.05. The zero-order valence-electron chi connectivity index (χ0n) is 39.1. The summed E-state index contributed by atoms with van der Waals surface area (Å²) in [6, 6.07) is 10.9. The van der Waals surface area contributed by atoms with Crippen molar-refractivity contribution in [3.63, 3.8) is 0 Å². The van der Waals surface area contributed by atoms with Crippen molar-refractivity contribution >= 4 is 44.4 Å². The Balaban J connectivity index is 1.27. The molecule has 0 bridgehead atoms. The van der Waals surface area contributed by atoms with Crippen molar-refractivity contribution in [2.45, 2.75) is 142 Å². The van der Waals surface area contributed by atoms with Crippen molar-refractivity contribution in [2.75, 3.05) is 13.7 Å². The van der Waals surface area contributed by atoms with Crippen LogP contribution >= 0.6 is 0 Å². The molecule has 352 valence electrons. The van der Waals surface area contributed by atoms with Crippen molar-refractivity contribution in [1.82, 2.24) is 14.6 Å². The molecule has 15 heteroatoms. The molecule has 2 aliphatic carbocycles. The molecule has 65 heavy (non-hydrogen) atoms. The van der Waals surface area contributed by atoms with Crippen LogP contribution in [-0.4, -0.2) is 84.1 Å². The summed E-state index contributed by atoms with van der Waals surface area (Å²) in [5.74, 6) is -3.35. The van der Waals surface area contributed by atoms with Crippen LogP contribution in [0, 0.1) is 34.9 Å². The Morgan fingerprint density at radius 3 is 2.40 bits per heavy atom. The van der Waals surface area contributed by atoms with Crippen molar-refractivity contribution < 1.29 is 50.9 Å². The lowest BCUT2D eigenvalue weighted by molar-refractivity contribution is -0.160. The Labute approximate surface area is 382 Å². The number of carbonyl (C=O) groups is 4. The van der Waals surface area contributed by atoms with Gasteiger partial charge in [-0.15, -0.1) is 0 Å². The highest BCUT2D eigenvalue weighted by Gasteiger charge is 2.62. The maximum atomic E-state index is 15.4. The summed E-state index contributed by atoms with van der Waals surface area (Å²) >= 11 is 0. The lowest BCUT2D eigenvalue weighted by Crippen LogP contribution is -2.48. The number of rotatable bonds is 11. The number of Topliss-reactive ketones (excluding diaryl/α,β-unsaturated/α-hetero) is 1. The van der Waals surface area contributed by atoms with Gasteiger partial charge >= 0.3 is 5.97 Å². The number of pyridine rings is 1. The Morgan fingerprint density at radius 2 is 1.75 bits per heavy atom. The van der Waals surface area contributed by atoms with E-state index in [0.29, 0.717) is 47.9 Å². The molecule has 1 aromatic heterocycles. The van der Waals surface area contributed by atoms with Crippen LogP contribution in [0.1, 0.15) is 113 Å². The van der Waals surface area contributed by atoms with Gasteiger partial charge in [-0.3, -0.25) is 23.9 Å². The van der Waals surface area contributed by atoms with E-state index < -0.39 is 73.2 Å². The van der Waals surface area contributed by atoms with Gasteiger partial charge in [-0.2, -0.15) is 0 Å². The number of hydrogen-bond acceptors (Lipinski definition) is 11. The maximum absolute atomic E-state index is 15.4. The minimum Gasteiger partial charge on any atom is -0.494 e. The number of esters is 1. The van der Waals surface area contributed by atoms with E-state index in [9.17, 15) is 22.8 Å². The van der Waals surface area contributed by atoms with E-state index in [1.807, 2.05) is 57.2 Å². The minimum absolute atomic E-state index is 0.00361. The van der Waals surface area contributed by atoms with E-state index >= 15 is 9.18 Å². The van der Waals surface area contributed by atoms with Crippen molar-refractivity contribution in [2.24, 2.45) is 29.1 Å². The smallest absolute Gasteiger partial charge is 0.307 e. The fourth-order valence-corrected chi connectivity index (χ4v) is 10.7. The maximum Gasteiger partial charge on any atom is 0.307 e.